The molecule has 29 heavy (non-hydrogen) atoms. The summed E-state index contributed by atoms with van der Waals surface area (Å²) in [5.74, 6) is -1.94. The Morgan fingerprint density at radius 1 is 1.17 bits per heavy atom. The van der Waals surface area contributed by atoms with E-state index < -0.39 is 11.9 Å². The Hall–Kier alpha value is -3.22. The molecule has 0 bridgehead atoms. The van der Waals surface area contributed by atoms with Crippen LogP contribution in [0.5, 0.6) is 0 Å². The minimum absolute atomic E-state index is 0.0922. The number of likely N-dealkylation sites (N-methyl/N-ethyl adjacent to an activating group) is 1. The summed E-state index contributed by atoms with van der Waals surface area (Å²) in [5.41, 5.74) is 2.80. The molecule has 2 aromatic rings. The second-order valence-electron chi connectivity index (χ2n) is 7.37. The Balaban J connectivity index is 1.67. The van der Waals surface area contributed by atoms with Crippen molar-refractivity contribution in [2.24, 2.45) is 5.92 Å². The number of pyridine rings is 1. The standard InChI is InChI=1S/C22H25N3O4/c1-15-18(10-11-19(23-15)16-7-4-3-5-8-16)21(27)24(2)14-20(26)25-12-6-9-17(13-25)22(28)29/h3-5,7-8,10-11,17H,6,9,12-14H2,1-2H3,(H,28,29). The first kappa shape index (κ1) is 20.5. The van der Waals surface area contributed by atoms with Crippen LogP contribution in [0, 0.1) is 12.8 Å². The number of aliphatic carboxylic acids is 1. The van der Waals surface area contributed by atoms with Gasteiger partial charge in [0.2, 0.25) is 5.91 Å². The first-order valence-corrected chi connectivity index (χ1v) is 9.66. The number of likely N-dealkylation sites (tertiary alicyclic amines) is 1. The molecule has 0 spiro atoms. The number of benzene rings is 1. The molecule has 2 heterocycles. The fourth-order valence-electron chi connectivity index (χ4n) is 3.54. The van der Waals surface area contributed by atoms with Crippen LogP contribution in [0.3, 0.4) is 0 Å². The van der Waals surface area contributed by atoms with Crippen molar-refractivity contribution in [3.63, 3.8) is 0 Å². The molecule has 2 amide bonds. The van der Waals surface area contributed by atoms with Gasteiger partial charge in [0.25, 0.3) is 5.91 Å². The van der Waals surface area contributed by atoms with E-state index in [1.165, 1.54) is 9.80 Å². The largest absolute Gasteiger partial charge is 0.481 e. The molecule has 152 valence electrons. The lowest BCUT2D eigenvalue weighted by atomic mass is 9.98. The van der Waals surface area contributed by atoms with Crippen LogP contribution in [0.1, 0.15) is 28.9 Å². The van der Waals surface area contributed by atoms with Gasteiger partial charge in [0, 0.05) is 25.7 Å². The Morgan fingerprint density at radius 3 is 2.55 bits per heavy atom. The van der Waals surface area contributed by atoms with Crippen LogP contribution in [-0.4, -0.2) is 64.4 Å². The Morgan fingerprint density at radius 2 is 1.90 bits per heavy atom. The van der Waals surface area contributed by atoms with Crippen LogP contribution >= 0.6 is 0 Å². The smallest absolute Gasteiger partial charge is 0.308 e. The molecule has 1 aliphatic heterocycles. The number of aryl methyl sites for hydroxylation is 1. The highest BCUT2D eigenvalue weighted by atomic mass is 16.4. The molecule has 1 unspecified atom stereocenters. The Labute approximate surface area is 170 Å². The summed E-state index contributed by atoms with van der Waals surface area (Å²) in [6.45, 7) is 2.40. The molecule has 7 nitrogen and oxygen atoms in total. The van der Waals surface area contributed by atoms with Crippen LogP contribution in [0.2, 0.25) is 0 Å². The monoisotopic (exact) mass is 395 g/mol. The number of piperidine rings is 1. The number of aromatic nitrogens is 1. The molecule has 1 saturated heterocycles. The van der Waals surface area contributed by atoms with Gasteiger partial charge in [-0.25, -0.2) is 0 Å². The molecule has 1 fully saturated rings. The Kier molecular flexibility index (Phi) is 6.26. The Bertz CT molecular complexity index is 914. The third-order valence-electron chi connectivity index (χ3n) is 5.23. The fourth-order valence-corrected chi connectivity index (χ4v) is 3.54. The molecule has 1 N–H and O–H groups in total. The van der Waals surface area contributed by atoms with Gasteiger partial charge in [-0.2, -0.15) is 0 Å². The number of rotatable bonds is 5. The number of nitrogens with zero attached hydrogens (tertiary/aromatic N) is 3. The van der Waals surface area contributed by atoms with Crippen LogP contribution in [0.15, 0.2) is 42.5 Å². The molecule has 1 aromatic heterocycles. The molecular formula is C22H25N3O4. The molecule has 7 heteroatoms. The van der Waals surface area contributed by atoms with Crippen molar-refractivity contribution < 1.29 is 19.5 Å². The number of carboxylic acid groups (broad SMARTS) is 1. The highest BCUT2D eigenvalue weighted by molar-refractivity contribution is 5.97. The summed E-state index contributed by atoms with van der Waals surface area (Å²) < 4.78 is 0. The van der Waals surface area contributed by atoms with E-state index in [4.69, 9.17) is 0 Å². The number of carboxylic acids is 1. The van der Waals surface area contributed by atoms with E-state index in [9.17, 15) is 19.5 Å². The van der Waals surface area contributed by atoms with Crippen molar-refractivity contribution in [3.8, 4) is 11.3 Å². The number of carbonyl (C=O) groups is 3. The molecule has 1 aliphatic rings. The summed E-state index contributed by atoms with van der Waals surface area (Å²) >= 11 is 0. The number of hydrogen-bond donors (Lipinski definition) is 1. The maximum atomic E-state index is 12.8. The first-order chi connectivity index (χ1) is 13.9. The second-order valence-corrected chi connectivity index (χ2v) is 7.37. The third-order valence-corrected chi connectivity index (χ3v) is 5.23. The second kappa shape index (κ2) is 8.86. The first-order valence-electron chi connectivity index (χ1n) is 9.66. The minimum atomic E-state index is -0.882. The zero-order chi connectivity index (χ0) is 21.0. The van der Waals surface area contributed by atoms with Crippen molar-refractivity contribution >= 4 is 17.8 Å². The lowest BCUT2D eigenvalue weighted by molar-refractivity contribution is -0.145. The van der Waals surface area contributed by atoms with Crippen molar-refractivity contribution in [2.45, 2.75) is 19.8 Å². The van der Waals surface area contributed by atoms with E-state index >= 15 is 0 Å². The van der Waals surface area contributed by atoms with E-state index in [1.54, 1.807) is 26.1 Å². The van der Waals surface area contributed by atoms with Crippen molar-refractivity contribution in [2.75, 3.05) is 26.7 Å². The molecule has 3 rings (SSSR count). The van der Waals surface area contributed by atoms with E-state index in [0.29, 0.717) is 30.6 Å². The minimum Gasteiger partial charge on any atom is -0.481 e. The maximum Gasteiger partial charge on any atom is 0.308 e. The van der Waals surface area contributed by atoms with Crippen LogP contribution in [-0.2, 0) is 9.59 Å². The molecular weight excluding hydrogens is 370 g/mol. The van der Waals surface area contributed by atoms with Gasteiger partial charge in [0.15, 0.2) is 0 Å². The van der Waals surface area contributed by atoms with Crippen LogP contribution in [0.4, 0.5) is 0 Å². The summed E-state index contributed by atoms with van der Waals surface area (Å²) in [4.78, 5) is 44.0. The van der Waals surface area contributed by atoms with Crippen LogP contribution in [0.25, 0.3) is 11.3 Å². The van der Waals surface area contributed by atoms with E-state index in [2.05, 4.69) is 4.98 Å². The quantitative estimate of drug-likeness (QED) is 0.840. The van der Waals surface area contributed by atoms with Crippen molar-refractivity contribution in [1.29, 1.82) is 0 Å². The highest BCUT2D eigenvalue weighted by Crippen LogP contribution is 2.20. The van der Waals surface area contributed by atoms with Gasteiger partial charge in [-0.05, 0) is 31.9 Å². The summed E-state index contributed by atoms with van der Waals surface area (Å²) in [6, 6.07) is 13.2. The molecule has 1 aromatic carbocycles. The predicted octanol–water partition coefficient (Wildman–Crippen LogP) is 2.45. The van der Waals surface area contributed by atoms with Gasteiger partial charge in [0.1, 0.15) is 0 Å². The lowest BCUT2D eigenvalue weighted by Gasteiger charge is -2.32. The van der Waals surface area contributed by atoms with Crippen molar-refractivity contribution in [3.05, 3.63) is 53.7 Å². The topological polar surface area (TPSA) is 90.8 Å². The van der Waals surface area contributed by atoms with Gasteiger partial charge in [0.05, 0.1) is 29.4 Å². The average Bonchev–Trinajstić information content (AvgIpc) is 2.73. The number of hydrogen-bond acceptors (Lipinski definition) is 4. The third kappa shape index (κ3) is 4.80. The maximum absolute atomic E-state index is 12.8. The number of carbonyl (C=O) groups excluding carboxylic acids is 2. The average molecular weight is 395 g/mol. The molecule has 0 radical (unpaired) electrons. The fraction of sp³-hybridized carbons (Fsp3) is 0.364. The van der Waals surface area contributed by atoms with E-state index in [1.807, 2.05) is 30.3 Å². The predicted molar refractivity (Wildman–Crippen MR) is 108 cm³/mol. The normalized spacial score (nSPS) is 16.3. The number of amides is 2. The molecule has 0 aliphatic carbocycles. The summed E-state index contributed by atoms with van der Waals surface area (Å²) in [5, 5.41) is 9.18. The van der Waals surface area contributed by atoms with Crippen LogP contribution < -0.4 is 0 Å². The summed E-state index contributed by atoms with van der Waals surface area (Å²) in [6.07, 6.45) is 1.23. The van der Waals surface area contributed by atoms with Gasteiger partial charge in [-0.1, -0.05) is 30.3 Å². The van der Waals surface area contributed by atoms with Gasteiger partial charge >= 0.3 is 5.97 Å². The van der Waals surface area contributed by atoms with Gasteiger partial charge in [-0.3, -0.25) is 19.4 Å². The summed E-state index contributed by atoms with van der Waals surface area (Å²) in [7, 11) is 1.57. The zero-order valence-electron chi connectivity index (χ0n) is 16.7. The van der Waals surface area contributed by atoms with Gasteiger partial charge < -0.3 is 14.9 Å². The SMILES string of the molecule is Cc1nc(-c2ccccc2)ccc1C(=O)N(C)CC(=O)N1CCCC(C(=O)O)C1. The van der Waals surface area contributed by atoms with Crippen molar-refractivity contribution in [1.82, 2.24) is 14.8 Å². The van der Waals surface area contributed by atoms with E-state index in [-0.39, 0.29) is 24.9 Å². The zero-order valence-corrected chi connectivity index (χ0v) is 16.7. The van der Waals surface area contributed by atoms with E-state index in [0.717, 1.165) is 11.3 Å². The van der Waals surface area contributed by atoms with Gasteiger partial charge in [-0.15, -0.1) is 0 Å². The lowest BCUT2D eigenvalue weighted by Crippen LogP contribution is -2.47. The highest BCUT2D eigenvalue weighted by Gasteiger charge is 2.29. The molecule has 1 atom stereocenters. The molecule has 0 saturated carbocycles.